The van der Waals surface area contributed by atoms with Gasteiger partial charge in [-0.05, 0) is 82.2 Å². The van der Waals surface area contributed by atoms with Gasteiger partial charge in [0.1, 0.15) is 5.56 Å². The summed E-state index contributed by atoms with van der Waals surface area (Å²) in [7, 11) is 0. The van der Waals surface area contributed by atoms with Gasteiger partial charge in [0.05, 0.1) is 16.9 Å². The summed E-state index contributed by atoms with van der Waals surface area (Å²) < 4.78 is 65.2. The monoisotopic (exact) mass is 553 g/mol. The van der Waals surface area contributed by atoms with E-state index < -0.39 is 23.1 Å². The molecule has 10 heteroatoms. The first-order valence-corrected chi connectivity index (χ1v) is 14.7. The van der Waals surface area contributed by atoms with Crippen molar-refractivity contribution < 1.29 is 27.3 Å². The van der Waals surface area contributed by atoms with Crippen molar-refractivity contribution in [1.29, 1.82) is 0 Å². The maximum absolute atomic E-state index is 14.1. The summed E-state index contributed by atoms with van der Waals surface area (Å²) >= 11 is -2.01. The third-order valence-corrected chi connectivity index (χ3v) is 8.90. The Bertz CT molecular complexity index is 1110. The SMILES string of the molecule is Cc1c(C(=O)NC2CCOCC2)cc(-c2ccc([S+]([O-])NC(C)C)c(C(F)(F)F)c2)n1CC1CCCCC1. The number of alkyl halides is 3. The zero-order valence-electron chi connectivity index (χ0n) is 22.3. The van der Waals surface area contributed by atoms with Crippen LogP contribution in [0.1, 0.15) is 80.4 Å². The van der Waals surface area contributed by atoms with Crippen molar-refractivity contribution in [3.63, 3.8) is 0 Å². The lowest BCUT2D eigenvalue weighted by Crippen LogP contribution is -2.39. The van der Waals surface area contributed by atoms with E-state index in [-0.39, 0.29) is 22.9 Å². The lowest BCUT2D eigenvalue weighted by Gasteiger charge is -2.25. The van der Waals surface area contributed by atoms with E-state index in [4.69, 9.17) is 4.74 Å². The molecule has 2 aliphatic rings. The van der Waals surface area contributed by atoms with Gasteiger partial charge in [0.25, 0.3) is 5.91 Å². The number of carbonyl (C=O) groups is 1. The van der Waals surface area contributed by atoms with Crippen LogP contribution in [0.3, 0.4) is 0 Å². The number of hydrogen-bond donors (Lipinski definition) is 2. The fourth-order valence-corrected chi connectivity index (χ4v) is 6.55. The summed E-state index contributed by atoms with van der Waals surface area (Å²) in [5, 5.41) is 3.09. The van der Waals surface area contributed by atoms with E-state index in [1.807, 2.05) is 11.5 Å². The standard InChI is InChI=1S/C28H38F3N3O3S/c1-18(2)33-38(36)26-10-9-21(15-24(26)28(29,30)31)25-16-23(27(35)32-22-11-13-37-14-12-22)19(3)34(25)17-20-7-5-4-6-8-20/h9-10,15-16,18,20,22,33H,4-8,11-14,17H2,1-3H3,(H,32,35). The third kappa shape index (κ3) is 6.94. The van der Waals surface area contributed by atoms with Gasteiger partial charge in [-0.1, -0.05) is 19.3 Å². The highest BCUT2D eigenvalue weighted by Crippen LogP contribution is 2.38. The zero-order valence-corrected chi connectivity index (χ0v) is 23.1. The molecule has 1 unspecified atom stereocenters. The second-order valence-corrected chi connectivity index (χ2v) is 12.0. The molecule has 4 rings (SSSR count). The molecule has 1 aliphatic carbocycles. The second-order valence-electron chi connectivity index (χ2n) is 10.8. The number of nitrogens with one attached hydrogen (secondary N) is 2. The van der Waals surface area contributed by atoms with Gasteiger partial charge in [-0.2, -0.15) is 13.2 Å². The number of rotatable bonds is 8. The van der Waals surface area contributed by atoms with Crippen LogP contribution in [-0.2, 0) is 28.8 Å². The van der Waals surface area contributed by atoms with Gasteiger partial charge in [0.15, 0.2) is 4.90 Å². The highest BCUT2D eigenvalue weighted by molar-refractivity contribution is 7.89. The molecule has 1 aliphatic heterocycles. The molecule has 1 atom stereocenters. The first kappa shape index (κ1) is 29.0. The van der Waals surface area contributed by atoms with Gasteiger partial charge < -0.3 is 19.2 Å². The number of hydrogen-bond acceptors (Lipinski definition) is 4. The molecule has 1 saturated carbocycles. The summed E-state index contributed by atoms with van der Waals surface area (Å²) in [4.78, 5) is 13.0. The van der Waals surface area contributed by atoms with Crippen LogP contribution < -0.4 is 10.0 Å². The van der Waals surface area contributed by atoms with Crippen LogP contribution in [0.15, 0.2) is 29.2 Å². The Morgan fingerprint density at radius 1 is 1.13 bits per heavy atom. The van der Waals surface area contributed by atoms with Crippen molar-refractivity contribution in [2.45, 2.75) is 95.4 Å². The molecular formula is C28H38F3N3O3S. The molecule has 2 aromatic rings. The minimum atomic E-state index is -4.68. The van der Waals surface area contributed by atoms with Crippen molar-refractivity contribution in [3.8, 4) is 11.3 Å². The van der Waals surface area contributed by atoms with Gasteiger partial charge in [0, 0.05) is 43.2 Å². The molecular weight excluding hydrogens is 515 g/mol. The van der Waals surface area contributed by atoms with Crippen molar-refractivity contribution in [1.82, 2.24) is 14.6 Å². The summed E-state index contributed by atoms with van der Waals surface area (Å²) in [5.74, 6) is 0.192. The van der Waals surface area contributed by atoms with E-state index in [9.17, 15) is 22.5 Å². The molecule has 2 fully saturated rings. The summed E-state index contributed by atoms with van der Waals surface area (Å²) in [6, 6.07) is 5.42. The van der Waals surface area contributed by atoms with E-state index in [1.165, 1.54) is 12.5 Å². The van der Waals surface area contributed by atoms with E-state index in [1.54, 1.807) is 26.0 Å². The Balaban J connectivity index is 1.74. The number of carbonyl (C=O) groups excluding carboxylic acids is 1. The minimum absolute atomic E-state index is 0.0142. The van der Waals surface area contributed by atoms with Crippen molar-refractivity contribution >= 4 is 17.3 Å². The molecule has 1 amide bonds. The molecule has 1 aromatic carbocycles. The Morgan fingerprint density at radius 2 is 1.82 bits per heavy atom. The van der Waals surface area contributed by atoms with Gasteiger partial charge in [0.2, 0.25) is 0 Å². The van der Waals surface area contributed by atoms with E-state index in [2.05, 4.69) is 10.0 Å². The van der Waals surface area contributed by atoms with Gasteiger partial charge in [-0.25, -0.2) is 0 Å². The highest BCUT2D eigenvalue weighted by atomic mass is 32.2. The maximum Gasteiger partial charge on any atom is 0.421 e. The molecule has 1 aromatic heterocycles. The lowest BCUT2D eigenvalue weighted by atomic mass is 9.89. The Kier molecular flexibility index (Phi) is 9.49. The third-order valence-electron chi connectivity index (χ3n) is 7.46. The number of halogens is 3. The molecule has 0 radical (unpaired) electrons. The number of ether oxygens (including phenoxy) is 1. The average Bonchev–Trinajstić information content (AvgIpc) is 3.20. The molecule has 0 spiro atoms. The van der Waals surface area contributed by atoms with Gasteiger partial charge in [-0.3, -0.25) is 4.79 Å². The van der Waals surface area contributed by atoms with E-state index >= 15 is 0 Å². The quantitative estimate of drug-likeness (QED) is 0.394. The van der Waals surface area contributed by atoms with Crippen LogP contribution in [0, 0.1) is 12.8 Å². The topological polar surface area (TPSA) is 78.3 Å². The highest BCUT2D eigenvalue weighted by Gasteiger charge is 2.39. The maximum atomic E-state index is 14.1. The molecule has 38 heavy (non-hydrogen) atoms. The van der Waals surface area contributed by atoms with Gasteiger partial charge >= 0.3 is 6.18 Å². The summed E-state index contributed by atoms with van der Waals surface area (Å²) in [6.07, 6.45) is 2.39. The summed E-state index contributed by atoms with van der Waals surface area (Å²) in [6.45, 7) is 7.16. The van der Waals surface area contributed by atoms with Crippen LogP contribution in [-0.4, -0.2) is 40.3 Å². The molecule has 6 nitrogen and oxygen atoms in total. The summed E-state index contributed by atoms with van der Waals surface area (Å²) in [5.41, 5.74) is 1.22. The fourth-order valence-electron chi connectivity index (χ4n) is 5.43. The molecule has 210 valence electrons. The van der Waals surface area contributed by atoms with E-state index in [0.717, 1.165) is 50.3 Å². The Morgan fingerprint density at radius 3 is 2.45 bits per heavy atom. The molecule has 0 bridgehead atoms. The normalized spacial score (nSPS) is 18.6. The Labute approximate surface area is 226 Å². The zero-order chi connectivity index (χ0) is 27.4. The first-order chi connectivity index (χ1) is 18.0. The Hall–Kier alpha value is -2.01. The number of amides is 1. The predicted molar refractivity (Wildman–Crippen MR) is 142 cm³/mol. The van der Waals surface area contributed by atoms with Crippen LogP contribution in [0.2, 0.25) is 0 Å². The predicted octanol–water partition coefficient (Wildman–Crippen LogP) is 5.99. The number of benzene rings is 1. The number of nitrogens with zero attached hydrogens (tertiary/aromatic N) is 1. The number of aromatic nitrogens is 1. The van der Waals surface area contributed by atoms with Crippen LogP contribution in [0.5, 0.6) is 0 Å². The van der Waals surface area contributed by atoms with Gasteiger partial charge in [-0.15, -0.1) is 4.72 Å². The molecule has 2 N–H and O–H groups in total. The van der Waals surface area contributed by atoms with Crippen LogP contribution >= 0.6 is 0 Å². The van der Waals surface area contributed by atoms with Crippen LogP contribution in [0.25, 0.3) is 11.3 Å². The van der Waals surface area contributed by atoms with Crippen molar-refractivity contribution in [2.24, 2.45) is 5.92 Å². The van der Waals surface area contributed by atoms with Crippen molar-refractivity contribution in [3.05, 3.63) is 41.1 Å². The lowest BCUT2D eigenvalue weighted by molar-refractivity contribution is -0.139. The smallest absolute Gasteiger partial charge is 0.421 e. The fraction of sp³-hybridized carbons (Fsp3) is 0.607. The van der Waals surface area contributed by atoms with Crippen molar-refractivity contribution in [2.75, 3.05) is 13.2 Å². The largest absolute Gasteiger partial charge is 0.593 e. The van der Waals surface area contributed by atoms with Crippen LogP contribution in [0.4, 0.5) is 13.2 Å². The van der Waals surface area contributed by atoms with E-state index in [0.29, 0.717) is 42.5 Å². The molecule has 1 saturated heterocycles. The first-order valence-electron chi connectivity index (χ1n) is 13.5. The molecule has 2 heterocycles. The minimum Gasteiger partial charge on any atom is -0.593 e. The second kappa shape index (κ2) is 12.4. The average molecular weight is 554 g/mol.